The average Bonchev–Trinajstić information content (AvgIpc) is 2.73. The fraction of sp³-hybridized carbons (Fsp3) is 0.261. The van der Waals surface area contributed by atoms with Gasteiger partial charge < -0.3 is 15.0 Å². The van der Waals surface area contributed by atoms with E-state index in [2.05, 4.69) is 21.4 Å². The zero-order chi connectivity index (χ0) is 20.6. The van der Waals surface area contributed by atoms with E-state index < -0.39 is 0 Å². The van der Waals surface area contributed by atoms with Crippen LogP contribution in [-0.2, 0) is 13.0 Å². The highest BCUT2D eigenvalue weighted by atomic mass is 16.5. The third-order valence-corrected chi connectivity index (χ3v) is 4.52. The molecule has 1 amide bonds. The summed E-state index contributed by atoms with van der Waals surface area (Å²) in [5.41, 5.74) is 2.63. The van der Waals surface area contributed by atoms with Crippen molar-refractivity contribution in [2.75, 3.05) is 26.0 Å². The van der Waals surface area contributed by atoms with Gasteiger partial charge in [0.05, 0.1) is 7.11 Å². The minimum atomic E-state index is -0.129. The molecule has 6 nitrogen and oxygen atoms in total. The number of rotatable bonds is 8. The molecule has 0 bridgehead atoms. The third kappa shape index (κ3) is 5.78. The van der Waals surface area contributed by atoms with Gasteiger partial charge in [0.1, 0.15) is 23.1 Å². The van der Waals surface area contributed by atoms with E-state index in [1.165, 1.54) is 5.56 Å². The van der Waals surface area contributed by atoms with Crippen molar-refractivity contribution >= 4 is 11.7 Å². The van der Waals surface area contributed by atoms with Crippen molar-refractivity contribution in [1.82, 2.24) is 14.9 Å². The molecule has 0 aliphatic heterocycles. The lowest BCUT2D eigenvalue weighted by atomic mass is 10.1. The number of nitrogens with zero attached hydrogens (tertiary/aromatic N) is 3. The second kappa shape index (κ2) is 9.68. The molecule has 0 saturated carbocycles. The van der Waals surface area contributed by atoms with Crippen LogP contribution in [0.15, 0.2) is 60.7 Å². The Labute approximate surface area is 171 Å². The fourth-order valence-corrected chi connectivity index (χ4v) is 3.06. The molecule has 2 aromatic carbocycles. The maximum atomic E-state index is 12.8. The number of amides is 1. The first-order valence-corrected chi connectivity index (χ1v) is 9.57. The standard InChI is InChI=1S/C23H26N4O2/c1-17-25-21(23(28)27(2)16-19-8-5-4-6-9-19)15-22(26-17)24-13-12-18-10-7-11-20(14-18)29-3/h4-11,14-15H,12-13,16H2,1-3H3,(H,24,25,26). The van der Waals surface area contributed by atoms with E-state index >= 15 is 0 Å². The molecule has 29 heavy (non-hydrogen) atoms. The van der Waals surface area contributed by atoms with E-state index in [4.69, 9.17) is 4.74 Å². The van der Waals surface area contributed by atoms with Crippen LogP contribution in [0, 0.1) is 6.92 Å². The van der Waals surface area contributed by atoms with E-state index in [1.807, 2.05) is 48.5 Å². The summed E-state index contributed by atoms with van der Waals surface area (Å²) in [6, 6.07) is 19.6. The summed E-state index contributed by atoms with van der Waals surface area (Å²) in [6.45, 7) is 3.01. The monoisotopic (exact) mass is 390 g/mol. The van der Waals surface area contributed by atoms with E-state index in [-0.39, 0.29) is 5.91 Å². The highest BCUT2D eigenvalue weighted by Crippen LogP contribution is 2.14. The van der Waals surface area contributed by atoms with Gasteiger partial charge in [-0.25, -0.2) is 9.97 Å². The lowest BCUT2D eigenvalue weighted by Crippen LogP contribution is -2.27. The molecule has 0 spiro atoms. The molecule has 0 aliphatic carbocycles. The summed E-state index contributed by atoms with van der Waals surface area (Å²) in [5.74, 6) is 1.93. The van der Waals surface area contributed by atoms with Gasteiger partial charge in [0.25, 0.3) is 5.91 Å². The zero-order valence-corrected chi connectivity index (χ0v) is 17.1. The van der Waals surface area contributed by atoms with Crippen molar-refractivity contribution in [3.63, 3.8) is 0 Å². The first kappa shape index (κ1) is 20.3. The Morgan fingerprint density at radius 1 is 1.03 bits per heavy atom. The summed E-state index contributed by atoms with van der Waals surface area (Å²) in [5, 5.41) is 3.29. The Hall–Kier alpha value is -3.41. The van der Waals surface area contributed by atoms with Gasteiger partial charge in [-0.05, 0) is 36.6 Å². The lowest BCUT2D eigenvalue weighted by Gasteiger charge is -2.17. The number of carbonyl (C=O) groups is 1. The van der Waals surface area contributed by atoms with Crippen LogP contribution in [-0.4, -0.2) is 41.5 Å². The van der Waals surface area contributed by atoms with E-state index in [1.54, 1.807) is 32.0 Å². The SMILES string of the molecule is COc1cccc(CCNc2cc(C(=O)N(C)Cc3ccccc3)nc(C)n2)c1. The summed E-state index contributed by atoms with van der Waals surface area (Å²) < 4.78 is 5.26. The average molecular weight is 390 g/mol. The highest BCUT2D eigenvalue weighted by Gasteiger charge is 2.15. The molecule has 0 fully saturated rings. The fourth-order valence-electron chi connectivity index (χ4n) is 3.06. The molecule has 3 aromatic rings. The lowest BCUT2D eigenvalue weighted by molar-refractivity contribution is 0.0779. The van der Waals surface area contributed by atoms with Gasteiger partial charge in [-0.1, -0.05) is 42.5 Å². The zero-order valence-electron chi connectivity index (χ0n) is 17.1. The normalized spacial score (nSPS) is 10.4. The third-order valence-electron chi connectivity index (χ3n) is 4.52. The Kier molecular flexibility index (Phi) is 6.79. The van der Waals surface area contributed by atoms with Gasteiger partial charge in [-0.2, -0.15) is 0 Å². The molecule has 0 unspecified atom stereocenters. The maximum Gasteiger partial charge on any atom is 0.272 e. The van der Waals surface area contributed by atoms with Crippen LogP contribution in [0.2, 0.25) is 0 Å². The van der Waals surface area contributed by atoms with E-state index in [9.17, 15) is 4.79 Å². The summed E-state index contributed by atoms with van der Waals surface area (Å²) in [7, 11) is 3.44. The number of carbonyl (C=O) groups excluding carboxylic acids is 1. The second-order valence-electron chi connectivity index (χ2n) is 6.86. The molecular weight excluding hydrogens is 364 g/mol. The Bertz CT molecular complexity index is 960. The molecule has 0 radical (unpaired) electrons. The minimum absolute atomic E-state index is 0.129. The number of anilines is 1. The van der Waals surface area contributed by atoms with Gasteiger partial charge in [0.2, 0.25) is 0 Å². The number of aryl methyl sites for hydroxylation is 1. The van der Waals surface area contributed by atoms with Gasteiger partial charge in [0.15, 0.2) is 0 Å². The predicted molar refractivity (Wildman–Crippen MR) is 114 cm³/mol. The summed E-state index contributed by atoms with van der Waals surface area (Å²) in [6.07, 6.45) is 0.817. The van der Waals surface area contributed by atoms with Crippen molar-refractivity contribution in [2.24, 2.45) is 0 Å². The highest BCUT2D eigenvalue weighted by molar-refractivity contribution is 5.92. The number of nitrogens with one attached hydrogen (secondary N) is 1. The molecule has 1 heterocycles. The first-order chi connectivity index (χ1) is 14.0. The number of hydrogen-bond donors (Lipinski definition) is 1. The molecule has 0 aliphatic rings. The number of benzene rings is 2. The van der Waals surface area contributed by atoms with Gasteiger partial charge in [0, 0.05) is 26.2 Å². The Morgan fingerprint density at radius 2 is 1.79 bits per heavy atom. The summed E-state index contributed by atoms with van der Waals surface area (Å²) >= 11 is 0. The van der Waals surface area contributed by atoms with E-state index in [0.29, 0.717) is 30.4 Å². The van der Waals surface area contributed by atoms with Crippen LogP contribution < -0.4 is 10.1 Å². The van der Waals surface area contributed by atoms with Crippen LogP contribution in [0.3, 0.4) is 0 Å². The first-order valence-electron chi connectivity index (χ1n) is 9.57. The van der Waals surface area contributed by atoms with Crippen molar-refractivity contribution in [2.45, 2.75) is 19.9 Å². The maximum absolute atomic E-state index is 12.8. The van der Waals surface area contributed by atoms with E-state index in [0.717, 1.165) is 17.7 Å². The summed E-state index contributed by atoms with van der Waals surface area (Å²) in [4.78, 5) is 23.2. The number of ether oxygens (including phenoxy) is 1. The Balaban J connectivity index is 1.63. The molecule has 0 atom stereocenters. The van der Waals surface area contributed by atoms with Gasteiger partial charge >= 0.3 is 0 Å². The van der Waals surface area contributed by atoms with Crippen LogP contribution in [0.1, 0.15) is 27.4 Å². The van der Waals surface area contributed by atoms with Crippen LogP contribution in [0.25, 0.3) is 0 Å². The molecule has 6 heteroatoms. The van der Waals surface area contributed by atoms with Crippen LogP contribution >= 0.6 is 0 Å². The van der Waals surface area contributed by atoms with Crippen LogP contribution in [0.4, 0.5) is 5.82 Å². The van der Waals surface area contributed by atoms with Gasteiger partial charge in [-0.3, -0.25) is 4.79 Å². The molecule has 1 N–H and O–H groups in total. The van der Waals surface area contributed by atoms with Crippen molar-refractivity contribution in [3.05, 3.63) is 83.3 Å². The molecular formula is C23H26N4O2. The smallest absolute Gasteiger partial charge is 0.272 e. The second-order valence-corrected chi connectivity index (χ2v) is 6.86. The molecule has 150 valence electrons. The topological polar surface area (TPSA) is 67.3 Å². The van der Waals surface area contributed by atoms with Crippen molar-refractivity contribution in [3.8, 4) is 5.75 Å². The number of methoxy groups -OCH3 is 1. The largest absolute Gasteiger partial charge is 0.497 e. The number of hydrogen-bond acceptors (Lipinski definition) is 5. The molecule has 3 rings (SSSR count). The predicted octanol–water partition coefficient (Wildman–Crippen LogP) is 3.72. The molecule has 1 aromatic heterocycles. The van der Waals surface area contributed by atoms with Crippen molar-refractivity contribution < 1.29 is 9.53 Å². The van der Waals surface area contributed by atoms with Gasteiger partial charge in [-0.15, -0.1) is 0 Å². The Morgan fingerprint density at radius 3 is 2.55 bits per heavy atom. The minimum Gasteiger partial charge on any atom is -0.497 e. The number of aromatic nitrogens is 2. The van der Waals surface area contributed by atoms with Crippen molar-refractivity contribution in [1.29, 1.82) is 0 Å². The quantitative estimate of drug-likeness (QED) is 0.635. The molecule has 0 saturated heterocycles. The van der Waals surface area contributed by atoms with Crippen LogP contribution in [0.5, 0.6) is 5.75 Å².